The lowest BCUT2D eigenvalue weighted by Gasteiger charge is -2.12. The summed E-state index contributed by atoms with van der Waals surface area (Å²) in [6.45, 7) is 0. The molecule has 1 aromatic heterocycles. The summed E-state index contributed by atoms with van der Waals surface area (Å²) >= 11 is 12.3. The van der Waals surface area contributed by atoms with Crippen LogP contribution in [0.25, 0.3) is 0 Å². The second kappa shape index (κ2) is 4.34. The number of sulfonamides is 1. The summed E-state index contributed by atoms with van der Waals surface area (Å²) in [6, 6.07) is 1.29. The van der Waals surface area contributed by atoms with Gasteiger partial charge in [-0.15, -0.1) is 11.3 Å². The van der Waals surface area contributed by atoms with E-state index < -0.39 is 10.0 Å². The molecular weight excluding hydrogens is 269 g/mol. The van der Waals surface area contributed by atoms with Gasteiger partial charge < -0.3 is 0 Å². The van der Waals surface area contributed by atoms with E-state index in [4.69, 9.17) is 23.2 Å². The molecule has 0 spiro atoms. The topological polar surface area (TPSA) is 46.6 Å². The van der Waals surface area contributed by atoms with Crippen LogP contribution in [-0.2, 0) is 14.9 Å². The lowest BCUT2D eigenvalue weighted by Crippen LogP contribution is -2.25. The van der Waals surface area contributed by atoms with Gasteiger partial charge in [0, 0.05) is 7.05 Å². The third-order valence-corrected chi connectivity index (χ3v) is 4.93. The molecule has 1 rings (SSSR count). The van der Waals surface area contributed by atoms with Crippen molar-refractivity contribution in [1.29, 1.82) is 0 Å². The molecule has 0 aliphatic carbocycles. The van der Waals surface area contributed by atoms with Gasteiger partial charge in [0.2, 0.25) is 0 Å². The van der Waals surface area contributed by atoms with Crippen LogP contribution in [0, 0.1) is 0 Å². The van der Waals surface area contributed by atoms with Crippen LogP contribution in [0.1, 0.15) is 0 Å². The predicted molar refractivity (Wildman–Crippen MR) is 56.3 cm³/mol. The smallest absolute Gasteiger partial charge is 0.267 e. The molecule has 0 aliphatic rings. The first-order valence-corrected chi connectivity index (χ1v) is 6.38. The van der Waals surface area contributed by atoms with E-state index in [1.165, 1.54) is 20.2 Å². The molecule has 0 saturated heterocycles. The summed E-state index contributed by atoms with van der Waals surface area (Å²) in [7, 11) is -1.17. The highest BCUT2D eigenvalue weighted by Crippen LogP contribution is 2.35. The van der Waals surface area contributed by atoms with Gasteiger partial charge in [0.05, 0.1) is 11.4 Å². The quantitative estimate of drug-likeness (QED) is 0.795. The maximum Gasteiger partial charge on any atom is 0.267 e. The number of nitrogens with zero attached hydrogens (tertiary/aromatic N) is 1. The molecule has 4 nitrogen and oxygen atoms in total. The Morgan fingerprint density at radius 1 is 1.50 bits per heavy atom. The van der Waals surface area contributed by atoms with E-state index in [-0.39, 0.29) is 9.23 Å². The summed E-state index contributed by atoms with van der Waals surface area (Å²) in [5, 5.41) is 0. The van der Waals surface area contributed by atoms with Crippen molar-refractivity contribution in [2.45, 2.75) is 4.90 Å². The van der Waals surface area contributed by atoms with Crippen LogP contribution in [-0.4, -0.2) is 27.0 Å². The SMILES string of the molecule is CON(C)S(=O)(=O)c1cc(Cl)sc1Cl. The van der Waals surface area contributed by atoms with Crippen LogP contribution in [0.5, 0.6) is 0 Å². The molecule has 0 unspecified atom stereocenters. The Morgan fingerprint density at radius 3 is 2.43 bits per heavy atom. The monoisotopic (exact) mass is 275 g/mol. The molecule has 14 heavy (non-hydrogen) atoms. The van der Waals surface area contributed by atoms with Gasteiger partial charge >= 0.3 is 0 Å². The van der Waals surface area contributed by atoms with Gasteiger partial charge in [0.15, 0.2) is 0 Å². The second-order valence-electron chi connectivity index (χ2n) is 2.29. The minimum atomic E-state index is -3.69. The average Bonchev–Trinajstić information content (AvgIpc) is 2.44. The van der Waals surface area contributed by atoms with E-state index in [9.17, 15) is 8.42 Å². The van der Waals surface area contributed by atoms with Gasteiger partial charge in [-0.3, -0.25) is 4.84 Å². The van der Waals surface area contributed by atoms with Crippen LogP contribution in [0.4, 0.5) is 0 Å². The molecule has 0 atom stereocenters. The summed E-state index contributed by atoms with van der Waals surface area (Å²) in [5.74, 6) is 0. The molecular formula is C6H7Cl2NO3S2. The molecule has 80 valence electrons. The molecule has 0 radical (unpaired) electrons. The second-order valence-corrected chi connectivity index (χ2v) is 6.48. The summed E-state index contributed by atoms with van der Waals surface area (Å²) < 4.78 is 24.5. The van der Waals surface area contributed by atoms with Crippen molar-refractivity contribution in [3.8, 4) is 0 Å². The normalized spacial score (nSPS) is 12.4. The molecule has 8 heteroatoms. The summed E-state index contributed by atoms with van der Waals surface area (Å²) in [6.07, 6.45) is 0. The molecule has 0 aromatic carbocycles. The van der Waals surface area contributed by atoms with Crippen LogP contribution in [0.2, 0.25) is 8.67 Å². The number of rotatable bonds is 3. The minimum Gasteiger partial charge on any atom is -0.288 e. The van der Waals surface area contributed by atoms with Gasteiger partial charge in [-0.2, -0.15) is 0 Å². The van der Waals surface area contributed by atoms with Crippen LogP contribution >= 0.6 is 34.5 Å². The molecule has 0 bridgehead atoms. The molecule has 0 saturated carbocycles. The Balaban J connectivity index is 3.23. The molecule has 0 amide bonds. The van der Waals surface area contributed by atoms with E-state index in [0.29, 0.717) is 4.34 Å². The zero-order valence-corrected chi connectivity index (χ0v) is 10.5. The Kier molecular flexibility index (Phi) is 3.79. The summed E-state index contributed by atoms with van der Waals surface area (Å²) in [5.41, 5.74) is 0. The molecule has 0 aliphatic heterocycles. The Hall–Kier alpha value is 0.150. The fraction of sp³-hybridized carbons (Fsp3) is 0.333. The zero-order chi connectivity index (χ0) is 10.9. The third-order valence-electron chi connectivity index (χ3n) is 1.50. The fourth-order valence-electron chi connectivity index (χ4n) is 0.738. The van der Waals surface area contributed by atoms with E-state index in [1.54, 1.807) is 0 Å². The van der Waals surface area contributed by atoms with Crippen molar-refractivity contribution in [2.24, 2.45) is 0 Å². The first-order chi connectivity index (χ1) is 6.39. The van der Waals surface area contributed by atoms with Crippen LogP contribution in [0.15, 0.2) is 11.0 Å². The maximum absolute atomic E-state index is 11.7. The van der Waals surface area contributed by atoms with Crippen LogP contribution in [0.3, 0.4) is 0 Å². The highest BCUT2D eigenvalue weighted by Gasteiger charge is 2.25. The maximum atomic E-state index is 11.7. The average molecular weight is 276 g/mol. The number of hydroxylamine groups is 1. The summed E-state index contributed by atoms with van der Waals surface area (Å²) in [4.78, 5) is 4.54. The van der Waals surface area contributed by atoms with Gasteiger partial charge in [-0.05, 0) is 6.07 Å². The molecule has 1 aromatic rings. The van der Waals surface area contributed by atoms with E-state index in [2.05, 4.69) is 4.84 Å². The van der Waals surface area contributed by atoms with E-state index >= 15 is 0 Å². The predicted octanol–water partition coefficient (Wildman–Crippen LogP) is 2.24. The standard InChI is InChI=1S/C6H7Cl2NO3S2/c1-9(12-2)14(10,11)4-3-5(7)13-6(4)8/h3H,1-2H3. The Labute approximate surface area is 96.0 Å². The van der Waals surface area contributed by atoms with Crippen molar-refractivity contribution >= 4 is 44.6 Å². The fourth-order valence-corrected chi connectivity index (χ4v) is 3.82. The van der Waals surface area contributed by atoms with Crippen molar-refractivity contribution in [3.63, 3.8) is 0 Å². The minimum absolute atomic E-state index is 0.0430. The van der Waals surface area contributed by atoms with Gasteiger partial charge in [0.25, 0.3) is 10.0 Å². The lowest BCUT2D eigenvalue weighted by atomic mass is 10.7. The number of thiophene rings is 1. The zero-order valence-electron chi connectivity index (χ0n) is 7.32. The molecule has 0 N–H and O–H groups in total. The van der Waals surface area contributed by atoms with E-state index in [0.717, 1.165) is 15.8 Å². The van der Waals surface area contributed by atoms with Gasteiger partial charge in [-0.1, -0.05) is 27.7 Å². The highest BCUT2D eigenvalue weighted by atomic mass is 35.5. The van der Waals surface area contributed by atoms with Gasteiger partial charge in [0.1, 0.15) is 9.23 Å². The first-order valence-electron chi connectivity index (χ1n) is 3.37. The van der Waals surface area contributed by atoms with Gasteiger partial charge in [-0.25, -0.2) is 8.42 Å². The Bertz CT molecular complexity index is 428. The van der Waals surface area contributed by atoms with Crippen molar-refractivity contribution in [1.82, 2.24) is 4.47 Å². The van der Waals surface area contributed by atoms with E-state index in [1.807, 2.05) is 0 Å². The number of hydrogen-bond donors (Lipinski definition) is 0. The van der Waals surface area contributed by atoms with Crippen molar-refractivity contribution in [3.05, 3.63) is 14.7 Å². The first kappa shape index (κ1) is 12.2. The van der Waals surface area contributed by atoms with Crippen molar-refractivity contribution in [2.75, 3.05) is 14.2 Å². The van der Waals surface area contributed by atoms with Crippen LogP contribution < -0.4 is 0 Å². The highest BCUT2D eigenvalue weighted by molar-refractivity contribution is 7.89. The largest absolute Gasteiger partial charge is 0.288 e. The Morgan fingerprint density at radius 2 is 2.07 bits per heavy atom. The number of hydrogen-bond acceptors (Lipinski definition) is 4. The third kappa shape index (κ3) is 2.21. The molecule has 0 fully saturated rings. The number of halogens is 2. The van der Waals surface area contributed by atoms with Crippen molar-refractivity contribution < 1.29 is 13.3 Å². The molecule has 1 heterocycles. The lowest BCUT2D eigenvalue weighted by molar-refractivity contribution is -0.0258.